The highest BCUT2D eigenvalue weighted by Gasteiger charge is 2.15. The number of hydrogen-bond acceptors (Lipinski definition) is 1. The summed E-state index contributed by atoms with van der Waals surface area (Å²) in [5.41, 5.74) is 2.76. The van der Waals surface area contributed by atoms with Crippen LogP contribution >= 0.6 is 0 Å². The zero-order chi connectivity index (χ0) is 11.3. The van der Waals surface area contributed by atoms with E-state index in [-0.39, 0.29) is 6.61 Å². The Morgan fingerprint density at radius 3 is 2.47 bits per heavy atom. The average molecular weight is 208 g/mol. The maximum absolute atomic E-state index is 8.84. The lowest BCUT2D eigenvalue weighted by Gasteiger charge is -2.30. The molecule has 1 N–H and O–H groups in total. The number of aliphatic hydroxyl groups excluding tert-OH is 1. The largest absolute Gasteiger partial charge is 0.396 e. The molecule has 0 aromatic heterocycles. The van der Waals surface area contributed by atoms with Crippen LogP contribution in [0.3, 0.4) is 0 Å². The van der Waals surface area contributed by atoms with Crippen molar-refractivity contribution in [2.45, 2.75) is 19.9 Å². The third-order valence-corrected chi connectivity index (χ3v) is 2.78. The minimum Gasteiger partial charge on any atom is -0.396 e. The van der Waals surface area contributed by atoms with Crippen LogP contribution in [-0.4, -0.2) is 36.8 Å². The van der Waals surface area contributed by atoms with Crippen molar-refractivity contribution in [2.75, 3.05) is 27.2 Å². The number of aryl methyl sites for hydroxylation is 1. The summed E-state index contributed by atoms with van der Waals surface area (Å²) in [5, 5.41) is 8.84. The van der Waals surface area contributed by atoms with E-state index in [4.69, 9.17) is 5.11 Å². The number of nitrogens with zero attached hydrogens (tertiary/aromatic N) is 1. The quantitative estimate of drug-likeness (QED) is 0.733. The minimum absolute atomic E-state index is 0.287. The second kappa shape index (κ2) is 5.29. The van der Waals surface area contributed by atoms with Crippen LogP contribution < -0.4 is 0 Å². The van der Waals surface area contributed by atoms with Gasteiger partial charge in [0.25, 0.3) is 0 Å². The molecule has 0 saturated heterocycles. The molecule has 84 valence electrons. The number of aliphatic hydroxyl groups is 1. The van der Waals surface area contributed by atoms with E-state index >= 15 is 0 Å². The summed E-state index contributed by atoms with van der Waals surface area (Å²) in [5.74, 6) is 0. The van der Waals surface area contributed by atoms with E-state index in [1.807, 2.05) is 0 Å². The third-order valence-electron chi connectivity index (χ3n) is 2.78. The summed E-state index contributed by atoms with van der Waals surface area (Å²) in [6, 6.07) is 8.51. The molecule has 0 aliphatic carbocycles. The average Bonchev–Trinajstić information content (AvgIpc) is 2.18. The molecular weight excluding hydrogens is 186 g/mol. The Balaban J connectivity index is 2.64. The molecule has 0 bridgehead atoms. The van der Waals surface area contributed by atoms with E-state index in [2.05, 4.69) is 45.3 Å². The Morgan fingerprint density at radius 1 is 1.20 bits per heavy atom. The zero-order valence-corrected chi connectivity index (χ0v) is 10.0. The lowest BCUT2D eigenvalue weighted by Crippen LogP contribution is -2.40. The van der Waals surface area contributed by atoms with Crippen molar-refractivity contribution in [1.82, 2.24) is 0 Å². The summed E-state index contributed by atoms with van der Waals surface area (Å²) >= 11 is 0. The van der Waals surface area contributed by atoms with Gasteiger partial charge in [0.05, 0.1) is 20.6 Å². The smallest absolute Gasteiger partial charge is 0.104 e. The number of quaternary nitrogens is 1. The molecule has 0 aliphatic rings. The van der Waals surface area contributed by atoms with Gasteiger partial charge in [0.2, 0.25) is 0 Å². The first kappa shape index (κ1) is 12.2. The molecule has 0 heterocycles. The van der Waals surface area contributed by atoms with Crippen LogP contribution in [0, 0.1) is 6.92 Å². The van der Waals surface area contributed by atoms with Gasteiger partial charge >= 0.3 is 0 Å². The van der Waals surface area contributed by atoms with Crippen molar-refractivity contribution in [3.05, 3.63) is 35.4 Å². The fraction of sp³-hybridized carbons (Fsp3) is 0.538. The molecule has 2 nitrogen and oxygen atoms in total. The van der Waals surface area contributed by atoms with Crippen molar-refractivity contribution in [1.29, 1.82) is 0 Å². The van der Waals surface area contributed by atoms with Gasteiger partial charge in [-0.15, -0.1) is 0 Å². The highest BCUT2D eigenvalue weighted by Crippen LogP contribution is 2.13. The molecular formula is C13H22NO+. The number of benzene rings is 1. The van der Waals surface area contributed by atoms with Crippen molar-refractivity contribution in [3.63, 3.8) is 0 Å². The Morgan fingerprint density at radius 2 is 1.87 bits per heavy atom. The SMILES string of the molecule is Cc1ccccc1C[N+](C)(C)CCCO. The molecule has 0 saturated carbocycles. The van der Waals surface area contributed by atoms with Gasteiger partial charge < -0.3 is 9.59 Å². The Bertz CT molecular complexity index is 307. The Hall–Kier alpha value is -0.860. The molecule has 0 spiro atoms. The van der Waals surface area contributed by atoms with Crippen LogP contribution in [0.15, 0.2) is 24.3 Å². The summed E-state index contributed by atoms with van der Waals surface area (Å²) in [7, 11) is 4.42. The summed E-state index contributed by atoms with van der Waals surface area (Å²) < 4.78 is 0.936. The Kier molecular flexibility index (Phi) is 4.30. The summed E-state index contributed by atoms with van der Waals surface area (Å²) in [4.78, 5) is 0. The molecule has 15 heavy (non-hydrogen) atoms. The topological polar surface area (TPSA) is 20.2 Å². The van der Waals surface area contributed by atoms with Crippen LogP contribution in [0.2, 0.25) is 0 Å². The number of rotatable bonds is 5. The lowest BCUT2D eigenvalue weighted by atomic mass is 10.1. The molecule has 1 aromatic rings. The standard InChI is InChI=1S/C13H22NO/c1-12-7-4-5-8-13(12)11-14(2,3)9-6-10-15/h4-5,7-8,15H,6,9-11H2,1-3H3/q+1. The van der Waals surface area contributed by atoms with Crippen molar-refractivity contribution < 1.29 is 9.59 Å². The highest BCUT2D eigenvalue weighted by atomic mass is 16.3. The number of hydrogen-bond donors (Lipinski definition) is 1. The van der Waals surface area contributed by atoms with Crippen LogP contribution in [0.25, 0.3) is 0 Å². The predicted octanol–water partition coefficient (Wildman–Crippen LogP) is 1.95. The summed E-state index contributed by atoms with van der Waals surface area (Å²) in [6.07, 6.45) is 0.874. The first-order valence-electron chi connectivity index (χ1n) is 5.52. The molecule has 0 atom stereocenters. The van der Waals surface area contributed by atoms with Crippen LogP contribution in [-0.2, 0) is 6.54 Å². The fourth-order valence-corrected chi connectivity index (χ4v) is 1.83. The second-order valence-electron chi connectivity index (χ2n) is 4.82. The van der Waals surface area contributed by atoms with E-state index in [0.717, 1.165) is 24.0 Å². The minimum atomic E-state index is 0.287. The van der Waals surface area contributed by atoms with Crippen LogP contribution in [0.1, 0.15) is 17.5 Å². The molecule has 1 rings (SSSR count). The molecule has 0 aliphatic heterocycles. The van der Waals surface area contributed by atoms with Crippen molar-refractivity contribution >= 4 is 0 Å². The molecule has 0 fully saturated rings. The van der Waals surface area contributed by atoms with Gasteiger partial charge in [-0.25, -0.2) is 0 Å². The molecule has 0 amide bonds. The zero-order valence-electron chi connectivity index (χ0n) is 10.0. The van der Waals surface area contributed by atoms with Gasteiger partial charge in [0.15, 0.2) is 0 Å². The highest BCUT2D eigenvalue weighted by molar-refractivity contribution is 5.24. The van der Waals surface area contributed by atoms with Gasteiger partial charge in [0, 0.05) is 18.6 Å². The van der Waals surface area contributed by atoms with Crippen molar-refractivity contribution in [3.8, 4) is 0 Å². The summed E-state index contributed by atoms with van der Waals surface area (Å²) in [6.45, 7) is 4.49. The lowest BCUT2D eigenvalue weighted by molar-refractivity contribution is -0.903. The van der Waals surface area contributed by atoms with Gasteiger partial charge in [-0.2, -0.15) is 0 Å². The molecule has 1 aromatic carbocycles. The monoisotopic (exact) mass is 208 g/mol. The van der Waals surface area contributed by atoms with Gasteiger partial charge in [-0.05, 0) is 12.5 Å². The van der Waals surface area contributed by atoms with E-state index in [1.165, 1.54) is 11.1 Å². The first-order valence-corrected chi connectivity index (χ1v) is 5.52. The fourth-order valence-electron chi connectivity index (χ4n) is 1.83. The molecule has 0 radical (unpaired) electrons. The van der Waals surface area contributed by atoms with Crippen molar-refractivity contribution in [2.24, 2.45) is 0 Å². The third kappa shape index (κ3) is 4.02. The Labute approximate surface area is 92.8 Å². The van der Waals surface area contributed by atoms with Crippen LogP contribution in [0.5, 0.6) is 0 Å². The van der Waals surface area contributed by atoms with E-state index < -0.39 is 0 Å². The predicted molar refractivity (Wildman–Crippen MR) is 63.6 cm³/mol. The van der Waals surface area contributed by atoms with E-state index in [9.17, 15) is 0 Å². The van der Waals surface area contributed by atoms with E-state index in [1.54, 1.807) is 0 Å². The second-order valence-corrected chi connectivity index (χ2v) is 4.82. The van der Waals surface area contributed by atoms with Gasteiger partial charge in [-0.3, -0.25) is 0 Å². The first-order chi connectivity index (χ1) is 7.05. The van der Waals surface area contributed by atoms with Crippen LogP contribution in [0.4, 0.5) is 0 Å². The maximum atomic E-state index is 8.84. The maximum Gasteiger partial charge on any atom is 0.104 e. The van der Waals surface area contributed by atoms with Gasteiger partial charge in [-0.1, -0.05) is 24.3 Å². The normalized spacial score (nSPS) is 11.7. The van der Waals surface area contributed by atoms with E-state index in [0.29, 0.717) is 0 Å². The molecule has 0 unspecified atom stereocenters. The van der Waals surface area contributed by atoms with Gasteiger partial charge in [0.1, 0.15) is 6.54 Å². The molecule has 2 heteroatoms.